The molecule has 1 saturated heterocycles. The first-order chi connectivity index (χ1) is 12.6. The Morgan fingerprint density at radius 2 is 1.88 bits per heavy atom. The second-order valence-corrected chi connectivity index (χ2v) is 7.93. The summed E-state index contributed by atoms with van der Waals surface area (Å²) in [7, 11) is 1.62. The third-order valence-electron chi connectivity index (χ3n) is 5.24. The van der Waals surface area contributed by atoms with Gasteiger partial charge in [-0.1, -0.05) is 13.8 Å². The van der Waals surface area contributed by atoms with E-state index in [9.17, 15) is 4.79 Å². The summed E-state index contributed by atoms with van der Waals surface area (Å²) in [5.41, 5.74) is 0.675. The number of methoxy groups -OCH3 is 1. The molecule has 0 bridgehead atoms. The Labute approximate surface area is 157 Å². The molecule has 0 N–H and O–H groups in total. The second kappa shape index (κ2) is 8.76. The molecule has 1 amide bonds. The van der Waals surface area contributed by atoms with E-state index in [4.69, 9.17) is 9.47 Å². The van der Waals surface area contributed by atoms with E-state index in [0.717, 1.165) is 38.5 Å². The predicted molar refractivity (Wildman–Crippen MR) is 103 cm³/mol. The molecule has 1 saturated carbocycles. The van der Waals surface area contributed by atoms with Gasteiger partial charge < -0.3 is 14.4 Å². The zero-order valence-electron chi connectivity index (χ0n) is 16.4. The summed E-state index contributed by atoms with van der Waals surface area (Å²) in [6, 6.07) is 5.52. The van der Waals surface area contributed by atoms with E-state index in [1.807, 2.05) is 23.1 Å². The van der Waals surface area contributed by atoms with Crippen LogP contribution in [0, 0.1) is 11.8 Å². The monoisotopic (exact) mass is 360 g/mol. The van der Waals surface area contributed by atoms with Crippen molar-refractivity contribution < 1.29 is 14.3 Å². The fraction of sp³-hybridized carbons (Fsp3) is 0.667. The van der Waals surface area contributed by atoms with E-state index in [0.29, 0.717) is 29.6 Å². The Morgan fingerprint density at radius 1 is 1.15 bits per heavy atom. The molecule has 1 aliphatic carbocycles. The summed E-state index contributed by atoms with van der Waals surface area (Å²) in [4.78, 5) is 17.3. The van der Waals surface area contributed by atoms with E-state index in [1.54, 1.807) is 7.11 Å². The van der Waals surface area contributed by atoms with Crippen molar-refractivity contribution in [2.24, 2.45) is 11.8 Å². The predicted octanol–water partition coefficient (Wildman–Crippen LogP) is 3.29. The number of piperazine rings is 1. The Morgan fingerprint density at radius 3 is 2.50 bits per heavy atom. The van der Waals surface area contributed by atoms with Crippen LogP contribution in [0.5, 0.6) is 11.5 Å². The highest BCUT2D eigenvalue weighted by Gasteiger charge is 2.28. The van der Waals surface area contributed by atoms with Crippen molar-refractivity contribution in [1.29, 1.82) is 0 Å². The molecule has 1 aliphatic heterocycles. The van der Waals surface area contributed by atoms with Crippen molar-refractivity contribution in [3.63, 3.8) is 0 Å². The summed E-state index contributed by atoms with van der Waals surface area (Å²) in [6.07, 6.45) is 3.75. The summed E-state index contributed by atoms with van der Waals surface area (Å²) in [6.45, 7) is 9.79. The number of benzene rings is 1. The molecule has 26 heavy (non-hydrogen) atoms. The average Bonchev–Trinajstić information content (AvgIpc) is 3.45. The van der Waals surface area contributed by atoms with Gasteiger partial charge in [0.25, 0.3) is 5.91 Å². The van der Waals surface area contributed by atoms with Crippen molar-refractivity contribution in [3.05, 3.63) is 23.8 Å². The van der Waals surface area contributed by atoms with Gasteiger partial charge >= 0.3 is 0 Å². The molecule has 0 unspecified atom stereocenters. The number of carbonyl (C=O) groups excluding carboxylic acids is 1. The molecule has 5 nitrogen and oxygen atoms in total. The lowest BCUT2D eigenvalue weighted by molar-refractivity contribution is 0.0631. The van der Waals surface area contributed by atoms with Crippen molar-refractivity contribution in [1.82, 2.24) is 9.80 Å². The van der Waals surface area contributed by atoms with Gasteiger partial charge in [0.15, 0.2) is 11.5 Å². The maximum absolute atomic E-state index is 12.8. The van der Waals surface area contributed by atoms with Crippen LogP contribution >= 0.6 is 0 Å². The number of hydrogen-bond acceptors (Lipinski definition) is 4. The quantitative estimate of drug-likeness (QED) is 0.713. The molecule has 0 aromatic heterocycles. The topological polar surface area (TPSA) is 42.0 Å². The lowest BCUT2D eigenvalue weighted by atomic mass is 10.1. The first-order valence-corrected chi connectivity index (χ1v) is 9.89. The van der Waals surface area contributed by atoms with E-state index in [-0.39, 0.29) is 5.91 Å². The second-order valence-electron chi connectivity index (χ2n) is 7.93. The molecule has 5 heteroatoms. The number of nitrogens with zero attached hydrogens (tertiary/aromatic N) is 2. The van der Waals surface area contributed by atoms with Gasteiger partial charge in [0.05, 0.1) is 13.7 Å². The van der Waals surface area contributed by atoms with Crippen LogP contribution in [0.1, 0.15) is 43.5 Å². The standard InChI is InChI=1S/C21H32N2O3/c1-16(2)8-13-26-19-7-6-18(14-20(19)25-3)21(24)23-11-9-22(10-12-23)15-17-4-5-17/h6-7,14,16-17H,4-5,8-13,15H2,1-3H3. The van der Waals surface area contributed by atoms with Crippen LogP contribution < -0.4 is 9.47 Å². The van der Waals surface area contributed by atoms with E-state index in [2.05, 4.69) is 18.7 Å². The largest absolute Gasteiger partial charge is 0.493 e. The number of carbonyl (C=O) groups is 1. The summed E-state index contributed by atoms with van der Waals surface area (Å²) >= 11 is 0. The molecule has 1 aromatic rings. The van der Waals surface area contributed by atoms with Crippen molar-refractivity contribution >= 4 is 5.91 Å². The Balaban J connectivity index is 1.56. The van der Waals surface area contributed by atoms with Crippen LogP contribution in [0.2, 0.25) is 0 Å². The minimum Gasteiger partial charge on any atom is -0.493 e. The van der Waals surface area contributed by atoms with Gasteiger partial charge in [-0.2, -0.15) is 0 Å². The fourth-order valence-electron chi connectivity index (χ4n) is 3.31. The van der Waals surface area contributed by atoms with Crippen LogP contribution in [-0.4, -0.2) is 62.1 Å². The van der Waals surface area contributed by atoms with Crippen LogP contribution in [-0.2, 0) is 0 Å². The van der Waals surface area contributed by atoms with E-state index < -0.39 is 0 Å². The highest BCUT2D eigenvalue weighted by atomic mass is 16.5. The number of rotatable bonds is 8. The average molecular weight is 360 g/mol. The van der Waals surface area contributed by atoms with Crippen molar-refractivity contribution in [2.45, 2.75) is 33.1 Å². The zero-order valence-corrected chi connectivity index (χ0v) is 16.4. The molecular formula is C21H32N2O3. The molecule has 0 radical (unpaired) electrons. The molecule has 2 aliphatic rings. The third-order valence-corrected chi connectivity index (χ3v) is 5.24. The van der Waals surface area contributed by atoms with Gasteiger partial charge in [-0.25, -0.2) is 0 Å². The van der Waals surface area contributed by atoms with Gasteiger partial charge in [0.2, 0.25) is 0 Å². The molecule has 2 fully saturated rings. The van der Waals surface area contributed by atoms with Crippen LogP contribution in [0.15, 0.2) is 18.2 Å². The molecule has 1 aromatic carbocycles. The fourth-order valence-corrected chi connectivity index (χ4v) is 3.31. The molecule has 0 atom stereocenters. The minimum absolute atomic E-state index is 0.0862. The highest BCUT2D eigenvalue weighted by molar-refractivity contribution is 5.95. The Bertz CT molecular complexity index is 605. The van der Waals surface area contributed by atoms with E-state index in [1.165, 1.54) is 19.4 Å². The van der Waals surface area contributed by atoms with Crippen LogP contribution in [0.4, 0.5) is 0 Å². The molecule has 144 valence electrons. The lowest BCUT2D eigenvalue weighted by Crippen LogP contribution is -2.49. The van der Waals surface area contributed by atoms with Gasteiger partial charge in [-0.15, -0.1) is 0 Å². The SMILES string of the molecule is COc1cc(C(=O)N2CCN(CC3CC3)CC2)ccc1OCCC(C)C. The summed E-state index contributed by atoms with van der Waals surface area (Å²) in [5, 5.41) is 0. The van der Waals surface area contributed by atoms with Crippen LogP contribution in [0.25, 0.3) is 0 Å². The maximum atomic E-state index is 12.8. The van der Waals surface area contributed by atoms with Gasteiger partial charge in [-0.3, -0.25) is 9.69 Å². The molecule has 3 rings (SSSR count). The van der Waals surface area contributed by atoms with Crippen molar-refractivity contribution in [2.75, 3.05) is 46.4 Å². The number of hydrogen-bond donors (Lipinski definition) is 0. The summed E-state index contributed by atoms with van der Waals surface area (Å²) < 4.78 is 11.3. The zero-order chi connectivity index (χ0) is 18.5. The van der Waals surface area contributed by atoms with Crippen LogP contribution in [0.3, 0.4) is 0 Å². The molecule has 0 spiro atoms. The van der Waals surface area contributed by atoms with Gasteiger partial charge in [0, 0.05) is 38.3 Å². The molecular weight excluding hydrogens is 328 g/mol. The number of amides is 1. The van der Waals surface area contributed by atoms with Crippen molar-refractivity contribution in [3.8, 4) is 11.5 Å². The summed E-state index contributed by atoms with van der Waals surface area (Å²) in [5.74, 6) is 2.93. The highest BCUT2D eigenvalue weighted by Crippen LogP contribution is 2.31. The van der Waals surface area contributed by atoms with Gasteiger partial charge in [-0.05, 0) is 49.3 Å². The number of ether oxygens (including phenoxy) is 2. The Kier molecular flexibility index (Phi) is 6.41. The third kappa shape index (κ3) is 5.13. The first kappa shape index (κ1) is 19.0. The maximum Gasteiger partial charge on any atom is 0.254 e. The first-order valence-electron chi connectivity index (χ1n) is 9.89. The smallest absolute Gasteiger partial charge is 0.254 e. The van der Waals surface area contributed by atoms with E-state index >= 15 is 0 Å². The Hall–Kier alpha value is -1.75. The van der Waals surface area contributed by atoms with Gasteiger partial charge in [0.1, 0.15) is 0 Å². The normalized spacial score (nSPS) is 18.2. The minimum atomic E-state index is 0.0862. The molecule has 1 heterocycles. The lowest BCUT2D eigenvalue weighted by Gasteiger charge is -2.34.